The Morgan fingerprint density at radius 2 is 1.60 bits per heavy atom. The molecule has 3 heteroatoms. The largest absolute Gasteiger partial charge is 0.455 e. The van der Waals surface area contributed by atoms with Crippen LogP contribution >= 0.6 is 0 Å². The number of rotatable bonds is 2. The minimum absolute atomic E-state index is 0.186. The summed E-state index contributed by atoms with van der Waals surface area (Å²) in [4.78, 5) is 12.4. The molecule has 0 spiro atoms. The van der Waals surface area contributed by atoms with Crippen molar-refractivity contribution in [1.82, 2.24) is 0 Å². The zero-order chi connectivity index (χ0) is 13.7. The maximum Gasteiger partial charge on any atom is 0.340 e. The van der Waals surface area contributed by atoms with Crippen LogP contribution < -0.4 is 5.73 Å². The van der Waals surface area contributed by atoms with Crippen molar-refractivity contribution < 1.29 is 9.53 Å². The first kappa shape index (κ1) is 12.2. The molecule has 0 amide bonds. The van der Waals surface area contributed by atoms with Gasteiger partial charge in [0.25, 0.3) is 0 Å². The number of anilines is 1. The molecule has 0 unspecified atom stereocenters. The smallest absolute Gasteiger partial charge is 0.340 e. The van der Waals surface area contributed by atoms with Crippen LogP contribution in [-0.2, 0) is 4.74 Å². The van der Waals surface area contributed by atoms with Crippen molar-refractivity contribution in [3.8, 4) is 0 Å². The average molecular weight is 271 g/mol. The number of carbonyl (C=O) groups excluding carboxylic acids is 1. The molecular formula is C17H21NO2. The van der Waals surface area contributed by atoms with Gasteiger partial charge < -0.3 is 10.5 Å². The van der Waals surface area contributed by atoms with Crippen molar-refractivity contribution >= 4 is 11.7 Å². The van der Waals surface area contributed by atoms with E-state index in [2.05, 4.69) is 0 Å². The molecule has 4 bridgehead atoms. The number of carbonyl (C=O) groups is 1. The second-order valence-electron chi connectivity index (χ2n) is 7.08. The summed E-state index contributed by atoms with van der Waals surface area (Å²) in [5, 5.41) is 0. The Labute approximate surface area is 119 Å². The third kappa shape index (κ3) is 1.91. The second kappa shape index (κ2) is 4.24. The molecule has 106 valence electrons. The van der Waals surface area contributed by atoms with Crippen molar-refractivity contribution in [1.29, 1.82) is 0 Å². The number of benzene rings is 1. The third-order valence-corrected chi connectivity index (χ3v) is 5.47. The van der Waals surface area contributed by atoms with Gasteiger partial charge >= 0.3 is 5.97 Å². The number of nitrogen functional groups attached to an aromatic ring is 1. The molecule has 0 saturated heterocycles. The first-order valence-electron chi connectivity index (χ1n) is 7.71. The Kier molecular flexibility index (Phi) is 2.60. The van der Waals surface area contributed by atoms with E-state index in [9.17, 15) is 4.79 Å². The SMILES string of the molecule is Nc1ccccc1C(=O)OC12CC3CC(CC(C3)C1)C2. The minimum atomic E-state index is -0.231. The summed E-state index contributed by atoms with van der Waals surface area (Å²) in [6.07, 6.45) is 7.26. The minimum Gasteiger partial charge on any atom is -0.455 e. The summed E-state index contributed by atoms with van der Waals surface area (Å²) in [6.45, 7) is 0. The number of esters is 1. The van der Waals surface area contributed by atoms with Crippen molar-refractivity contribution in [3.05, 3.63) is 29.8 Å². The van der Waals surface area contributed by atoms with Crippen LogP contribution in [0.4, 0.5) is 5.69 Å². The fourth-order valence-electron chi connectivity index (χ4n) is 5.09. The van der Waals surface area contributed by atoms with E-state index in [1.807, 2.05) is 12.1 Å². The Balaban J connectivity index is 1.57. The standard InChI is InChI=1S/C17H21NO2/c18-15-4-2-1-3-14(15)16(19)20-17-8-11-5-12(9-17)7-13(6-11)10-17/h1-4,11-13H,5-10,18H2. The average Bonchev–Trinajstić information content (AvgIpc) is 2.36. The maximum atomic E-state index is 12.4. The molecule has 5 rings (SSSR count). The monoisotopic (exact) mass is 271 g/mol. The quantitative estimate of drug-likeness (QED) is 0.662. The summed E-state index contributed by atoms with van der Waals surface area (Å²) < 4.78 is 6.00. The number of nitrogens with two attached hydrogens (primary N) is 1. The van der Waals surface area contributed by atoms with E-state index in [0.29, 0.717) is 11.3 Å². The number of hydrogen-bond donors (Lipinski definition) is 1. The number of ether oxygens (including phenoxy) is 1. The van der Waals surface area contributed by atoms with Crippen LogP contribution in [-0.4, -0.2) is 11.6 Å². The van der Waals surface area contributed by atoms with Crippen molar-refractivity contribution in [2.24, 2.45) is 17.8 Å². The van der Waals surface area contributed by atoms with Gasteiger partial charge in [-0.25, -0.2) is 4.79 Å². The highest BCUT2D eigenvalue weighted by Gasteiger charge is 2.53. The molecular weight excluding hydrogens is 250 g/mol. The summed E-state index contributed by atoms with van der Waals surface area (Å²) >= 11 is 0. The van der Waals surface area contributed by atoms with Crippen LogP contribution in [0.1, 0.15) is 48.9 Å². The topological polar surface area (TPSA) is 52.3 Å². The normalized spacial score (nSPS) is 37.9. The first-order valence-corrected chi connectivity index (χ1v) is 7.71. The molecule has 0 atom stereocenters. The van der Waals surface area contributed by atoms with Crippen LogP contribution in [0.5, 0.6) is 0 Å². The zero-order valence-electron chi connectivity index (χ0n) is 11.7. The second-order valence-corrected chi connectivity index (χ2v) is 7.08. The summed E-state index contributed by atoms with van der Waals surface area (Å²) in [5.41, 5.74) is 6.73. The lowest BCUT2D eigenvalue weighted by Gasteiger charge is -2.55. The van der Waals surface area contributed by atoms with E-state index in [1.54, 1.807) is 12.1 Å². The molecule has 4 aliphatic rings. The summed E-state index contributed by atoms with van der Waals surface area (Å²) in [5.74, 6) is 2.11. The first-order chi connectivity index (χ1) is 9.63. The van der Waals surface area contributed by atoms with Gasteiger partial charge in [0.1, 0.15) is 5.60 Å². The molecule has 0 heterocycles. The molecule has 20 heavy (non-hydrogen) atoms. The fourth-order valence-corrected chi connectivity index (χ4v) is 5.09. The van der Waals surface area contributed by atoms with E-state index < -0.39 is 0 Å². The van der Waals surface area contributed by atoms with Gasteiger partial charge in [-0.2, -0.15) is 0 Å². The molecule has 4 aliphatic carbocycles. The van der Waals surface area contributed by atoms with E-state index in [0.717, 1.165) is 37.0 Å². The number of para-hydroxylation sites is 1. The molecule has 0 aromatic heterocycles. The van der Waals surface area contributed by atoms with Gasteiger partial charge in [0, 0.05) is 5.69 Å². The van der Waals surface area contributed by atoms with E-state index in [-0.39, 0.29) is 11.6 Å². The van der Waals surface area contributed by atoms with Crippen molar-refractivity contribution in [2.45, 2.75) is 44.1 Å². The van der Waals surface area contributed by atoms with Gasteiger partial charge in [-0.15, -0.1) is 0 Å². The van der Waals surface area contributed by atoms with Crippen molar-refractivity contribution in [2.75, 3.05) is 5.73 Å². The molecule has 1 aromatic rings. The molecule has 0 radical (unpaired) electrons. The van der Waals surface area contributed by atoms with Gasteiger partial charge in [0.2, 0.25) is 0 Å². The van der Waals surface area contributed by atoms with Gasteiger partial charge in [-0.3, -0.25) is 0 Å². The van der Waals surface area contributed by atoms with Crippen LogP contribution in [0.15, 0.2) is 24.3 Å². The Bertz CT molecular complexity index is 516. The number of hydrogen-bond acceptors (Lipinski definition) is 3. The third-order valence-electron chi connectivity index (χ3n) is 5.47. The van der Waals surface area contributed by atoms with E-state index in [1.165, 1.54) is 19.3 Å². The lowest BCUT2D eigenvalue weighted by Crippen LogP contribution is -2.52. The van der Waals surface area contributed by atoms with Gasteiger partial charge in [-0.05, 0) is 68.4 Å². The lowest BCUT2D eigenvalue weighted by molar-refractivity contribution is -0.131. The Morgan fingerprint density at radius 3 is 2.15 bits per heavy atom. The Hall–Kier alpha value is -1.51. The summed E-state index contributed by atoms with van der Waals surface area (Å²) in [7, 11) is 0. The molecule has 4 saturated carbocycles. The fraction of sp³-hybridized carbons (Fsp3) is 0.588. The Morgan fingerprint density at radius 1 is 1.05 bits per heavy atom. The molecule has 2 N–H and O–H groups in total. The highest BCUT2D eigenvalue weighted by atomic mass is 16.6. The van der Waals surface area contributed by atoms with Gasteiger partial charge in [-0.1, -0.05) is 12.1 Å². The van der Waals surface area contributed by atoms with Gasteiger partial charge in [0.05, 0.1) is 5.56 Å². The summed E-state index contributed by atoms with van der Waals surface area (Å²) in [6, 6.07) is 7.21. The van der Waals surface area contributed by atoms with Gasteiger partial charge in [0.15, 0.2) is 0 Å². The van der Waals surface area contributed by atoms with Crippen LogP contribution in [0.2, 0.25) is 0 Å². The predicted molar refractivity (Wildman–Crippen MR) is 77.2 cm³/mol. The molecule has 0 aliphatic heterocycles. The molecule has 3 nitrogen and oxygen atoms in total. The van der Waals surface area contributed by atoms with Crippen molar-refractivity contribution in [3.63, 3.8) is 0 Å². The van der Waals surface area contributed by atoms with Crippen LogP contribution in [0, 0.1) is 17.8 Å². The van der Waals surface area contributed by atoms with Crippen LogP contribution in [0.3, 0.4) is 0 Å². The van der Waals surface area contributed by atoms with E-state index >= 15 is 0 Å². The lowest BCUT2D eigenvalue weighted by atomic mass is 9.54. The maximum absolute atomic E-state index is 12.4. The predicted octanol–water partition coefficient (Wildman–Crippen LogP) is 3.39. The zero-order valence-corrected chi connectivity index (χ0v) is 11.7. The molecule has 1 aromatic carbocycles. The highest BCUT2D eigenvalue weighted by molar-refractivity contribution is 5.95. The van der Waals surface area contributed by atoms with E-state index in [4.69, 9.17) is 10.5 Å². The highest BCUT2D eigenvalue weighted by Crippen LogP contribution is 2.57. The molecule has 4 fully saturated rings. The van der Waals surface area contributed by atoms with Crippen LogP contribution in [0.25, 0.3) is 0 Å².